The van der Waals surface area contributed by atoms with Crippen LogP contribution in [0.5, 0.6) is 5.75 Å². The van der Waals surface area contributed by atoms with E-state index in [1.807, 2.05) is 36.8 Å². The van der Waals surface area contributed by atoms with Crippen LogP contribution in [0.3, 0.4) is 0 Å². The minimum absolute atomic E-state index is 0.225. The molecule has 5 nitrogen and oxygen atoms in total. The van der Waals surface area contributed by atoms with Gasteiger partial charge < -0.3 is 14.6 Å². The lowest BCUT2D eigenvalue weighted by Gasteiger charge is -2.24. The fraction of sp³-hybridized carbons (Fsp3) is 0.368. The molecule has 0 spiro atoms. The van der Waals surface area contributed by atoms with Gasteiger partial charge in [-0.05, 0) is 45.0 Å². The first-order valence-electron chi connectivity index (χ1n) is 8.73. The Hall–Kier alpha value is -2.11. The Morgan fingerprint density at radius 1 is 1.28 bits per heavy atom. The first kappa shape index (κ1) is 16.4. The van der Waals surface area contributed by atoms with E-state index in [9.17, 15) is 0 Å². The number of aromatic nitrogens is 3. The molecule has 1 aliphatic heterocycles. The molecule has 25 heavy (non-hydrogen) atoms. The molecule has 0 aliphatic carbocycles. The number of piperidine rings is 1. The molecule has 2 aromatic heterocycles. The molecule has 6 heteroatoms. The van der Waals surface area contributed by atoms with Crippen molar-refractivity contribution < 1.29 is 4.74 Å². The first-order chi connectivity index (χ1) is 12.3. The molecule has 1 aromatic carbocycles. The fourth-order valence-corrected chi connectivity index (χ4v) is 3.52. The molecule has 0 radical (unpaired) electrons. The molecule has 130 valence electrons. The molecule has 1 fully saturated rings. The van der Waals surface area contributed by atoms with Crippen molar-refractivity contribution >= 4 is 22.6 Å². The Kier molecular flexibility index (Phi) is 4.59. The molecule has 0 amide bonds. The molecule has 0 saturated carbocycles. The van der Waals surface area contributed by atoms with Gasteiger partial charge in [-0.3, -0.25) is 0 Å². The number of halogens is 1. The lowest BCUT2D eigenvalue weighted by Crippen LogP contribution is -2.34. The highest BCUT2D eigenvalue weighted by atomic mass is 35.5. The van der Waals surface area contributed by atoms with Gasteiger partial charge in [0.25, 0.3) is 0 Å². The van der Waals surface area contributed by atoms with Crippen LogP contribution in [-0.2, 0) is 6.54 Å². The quantitative estimate of drug-likeness (QED) is 0.770. The van der Waals surface area contributed by atoms with Crippen molar-refractivity contribution in [2.24, 2.45) is 0 Å². The predicted molar refractivity (Wildman–Crippen MR) is 100 cm³/mol. The van der Waals surface area contributed by atoms with Crippen molar-refractivity contribution in [3.8, 4) is 17.0 Å². The number of rotatable bonds is 4. The van der Waals surface area contributed by atoms with Crippen LogP contribution in [0.1, 0.15) is 19.8 Å². The zero-order valence-electron chi connectivity index (χ0n) is 14.2. The van der Waals surface area contributed by atoms with Crippen LogP contribution in [0.4, 0.5) is 0 Å². The van der Waals surface area contributed by atoms with E-state index >= 15 is 0 Å². The molecule has 4 rings (SSSR count). The summed E-state index contributed by atoms with van der Waals surface area (Å²) < 4.78 is 8.41. The van der Waals surface area contributed by atoms with E-state index in [2.05, 4.69) is 26.8 Å². The summed E-state index contributed by atoms with van der Waals surface area (Å²) in [6, 6.07) is 7.72. The van der Waals surface area contributed by atoms with E-state index in [0.29, 0.717) is 5.02 Å². The maximum Gasteiger partial charge on any atom is 0.163 e. The van der Waals surface area contributed by atoms with E-state index in [-0.39, 0.29) is 6.10 Å². The van der Waals surface area contributed by atoms with Crippen LogP contribution in [0.25, 0.3) is 22.3 Å². The lowest BCUT2D eigenvalue weighted by molar-refractivity contribution is 0.163. The number of imidazole rings is 1. The van der Waals surface area contributed by atoms with E-state index in [1.54, 1.807) is 0 Å². The van der Waals surface area contributed by atoms with Gasteiger partial charge in [-0.2, -0.15) is 0 Å². The topological polar surface area (TPSA) is 52.0 Å². The van der Waals surface area contributed by atoms with E-state index < -0.39 is 0 Å². The van der Waals surface area contributed by atoms with Crippen molar-refractivity contribution in [1.29, 1.82) is 0 Å². The summed E-state index contributed by atoms with van der Waals surface area (Å²) in [4.78, 5) is 9.27. The summed E-state index contributed by atoms with van der Waals surface area (Å²) in [6.07, 6.45) is 5.93. The van der Waals surface area contributed by atoms with E-state index in [1.165, 1.54) is 0 Å². The molecule has 1 aliphatic rings. The minimum atomic E-state index is 0.225. The van der Waals surface area contributed by atoms with Crippen molar-refractivity contribution in [2.75, 3.05) is 13.1 Å². The predicted octanol–water partition coefficient (Wildman–Crippen LogP) is 3.90. The summed E-state index contributed by atoms with van der Waals surface area (Å²) in [6.45, 7) is 4.93. The third kappa shape index (κ3) is 3.22. The van der Waals surface area contributed by atoms with Crippen LogP contribution in [0.2, 0.25) is 5.02 Å². The van der Waals surface area contributed by atoms with Gasteiger partial charge in [-0.15, -0.1) is 0 Å². The molecular formula is C19H21ClN4O. The molecule has 0 unspecified atom stereocenters. The number of hydrogen-bond donors (Lipinski definition) is 1. The highest BCUT2D eigenvalue weighted by Gasteiger charge is 2.20. The molecule has 0 bridgehead atoms. The average molecular weight is 357 g/mol. The van der Waals surface area contributed by atoms with Gasteiger partial charge in [-0.25, -0.2) is 9.97 Å². The Bertz CT molecular complexity index is 886. The largest absolute Gasteiger partial charge is 0.486 e. The van der Waals surface area contributed by atoms with Crippen molar-refractivity contribution in [1.82, 2.24) is 19.9 Å². The maximum absolute atomic E-state index is 6.29. The van der Waals surface area contributed by atoms with Gasteiger partial charge in [0, 0.05) is 17.1 Å². The fourth-order valence-electron chi connectivity index (χ4n) is 3.33. The molecular weight excluding hydrogens is 336 g/mol. The zero-order chi connectivity index (χ0) is 17.2. The highest BCUT2D eigenvalue weighted by molar-refractivity contribution is 6.30. The van der Waals surface area contributed by atoms with Gasteiger partial charge in [0.15, 0.2) is 5.75 Å². The number of hydrogen-bond acceptors (Lipinski definition) is 4. The number of nitrogens with one attached hydrogen (secondary N) is 1. The number of ether oxygens (including phenoxy) is 1. The summed E-state index contributed by atoms with van der Waals surface area (Å²) in [5.41, 5.74) is 3.66. The van der Waals surface area contributed by atoms with Crippen LogP contribution in [0, 0.1) is 0 Å². The van der Waals surface area contributed by atoms with Gasteiger partial charge in [0.05, 0.1) is 18.2 Å². The van der Waals surface area contributed by atoms with Crippen LogP contribution in [-0.4, -0.2) is 33.7 Å². The molecule has 1 N–H and O–H groups in total. The normalized spacial score (nSPS) is 15.6. The molecule has 3 heterocycles. The number of aryl methyl sites for hydroxylation is 1. The van der Waals surface area contributed by atoms with Gasteiger partial charge in [0.1, 0.15) is 17.1 Å². The SMILES string of the molecule is CCn1cnc2c(-c3cccc(Cl)c3)ncc(OC3CCNCC3)c21. The Balaban J connectivity index is 1.80. The standard InChI is InChI=1S/C19H21ClN4O/c1-2-24-12-23-18-17(13-4-3-5-14(20)10-13)22-11-16(19(18)24)25-15-6-8-21-9-7-15/h3-5,10-12,15,21H,2,6-9H2,1H3. The van der Waals surface area contributed by atoms with Crippen LogP contribution < -0.4 is 10.1 Å². The van der Waals surface area contributed by atoms with Crippen molar-refractivity contribution in [3.05, 3.63) is 41.8 Å². The maximum atomic E-state index is 6.29. The second kappa shape index (κ2) is 7.02. The number of pyridine rings is 1. The van der Waals surface area contributed by atoms with Crippen LogP contribution in [0.15, 0.2) is 36.8 Å². The number of benzene rings is 1. The summed E-state index contributed by atoms with van der Waals surface area (Å²) in [5.74, 6) is 0.812. The zero-order valence-corrected chi connectivity index (χ0v) is 15.0. The number of fused-ring (bicyclic) bond motifs is 1. The summed E-state index contributed by atoms with van der Waals surface area (Å²) in [7, 11) is 0. The van der Waals surface area contributed by atoms with E-state index in [4.69, 9.17) is 16.3 Å². The minimum Gasteiger partial charge on any atom is -0.486 e. The van der Waals surface area contributed by atoms with E-state index in [0.717, 1.165) is 60.5 Å². The van der Waals surface area contributed by atoms with Gasteiger partial charge >= 0.3 is 0 Å². The summed E-state index contributed by atoms with van der Waals surface area (Å²) in [5, 5.41) is 4.06. The van der Waals surface area contributed by atoms with Gasteiger partial charge in [-0.1, -0.05) is 23.7 Å². The van der Waals surface area contributed by atoms with Crippen molar-refractivity contribution in [3.63, 3.8) is 0 Å². The Morgan fingerprint density at radius 2 is 2.12 bits per heavy atom. The molecule has 1 saturated heterocycles. The Morgan fingerprint density at radius 3 is 2.88 bits per heavy atom. The average Bonchev–Trinajstić information content (AvgIpc) is 3.07. The monoisotopic (exact) mass is 356 g/mol. The highest BCUT2D eigenvalue weighted by Crippen LogP contribution is 2.33. The Labute approximate surface area is 152 Å². The second-order valence-electron chi connectivity index (χ2n) is 6.28. The molecule has 0 atom stereocenters. The van der Waals surface area contributed by atoms with Crippen molar-refractivity contribution in [2.45, 2.75) is 32.4 Å². The molecule has 3 aromatic rings. The number of nitrogens with zero attached hydrogens (tertiary/aromatic N) is 3. The second-order valence-corrected chi connectivity index (χ2v) is 6.71. The third-order valence-corrected chi connectivity index (χ3v) is 4.86. The lowest BCUT2D eigenvalue weighted by atomic mass is 10.1. The van der Waals surface area contributed by atoms with Gasteiger partial charge in [0.2, 0.25) is 0 Å². The third-order valence-electron chi connectivity index (χ3n) is 4.62. The van der Waals surface area contributed by atoms with Crippen LogP contribution >= 0.6 is 11.6 Å². The summed E-state index contributed by atoms with van der Waals surface area (Å²) >= 11 is 6.15. The first-order valence-corrected chi connectivity index (χ1v) is 9.11. The smallest absolute Gasteiger partial charge is 0.163 e.